The minimum absolute atomic E-state index is 0.0631. The van der Waals surface area contributed by atoms with Crippen LogP contribution in [-0.4, -0.2) is 28.2 Å². The molecule has 0 fully saturated rings. The summed E-state index contributed by atoms with van der Waals surface area (Å²) in [6, 6.07) is 9.47. The Morgan fingerprint density at radius 2 is 2.14 bits per heavy atom. The van der Waals surface area contributed by atoms with Gasteiger partial charge in [0, 0.05) is 45.7 Å². The highest BCUT2D eigenvalue weighted by Gasteiger charge is 2.40. The van der Waals surface area contributed by atoms with E-state index in [4.69, 9.17) is 4.74 Å². The van der Waals surface area contributed by atoms with Gasteiger partial charge in [-0.05, 0) is 42.5 Å². The number of carbonyl (C=O) groups is 1. The number of allylic oxidation sites excluding steroid dienone is 2. The number of carbonyl (C=O) groups excluding carboxylic acids is 1. The van der Waals surface area contributed by atoms with Crippen LogP contribution in [0, 0.1) is 6.92 Å². The number of H-pyrrole nitrogens is 1. The highest BCUT2D eigenvalue weighted by Crippen LogP contribution is 2.49. The smallest absolute Gasteiger partial charge is 0.162 e. The second kappa shape index (κ2) is 6.77. The third-order valence-corrected chi connectivity index (χ3v) is 6.87. The van der Waals surface area contributed by atoms with Gasteiger partial charge in [0.2, 0.25) is 0 Å². The largest absolute Gasteiger partial charge is 0.504 e. The number of benzene rings is 1. The Labute approximate surface area is 172 Å². The van der Waals surface area contributed by atoms with Gasteiger partial charge < -0.3 is 15.2 Å². The summed E-state index contributed by atoms with van der Waals surface area (Å²) in [4.78, 5) is 14.6. The van der Waals surface area contributed by atoms with Gasteiger partial charge in [-0.25, -0.2) is 0 Å². The van der Waals surface area contributed by atoms with Gasteiger partial charge in [0.15, 0.2) is 23.1 Å². The van der Waals surface area contributed by atoms with Crippen molar-refractivity contribution in [2.45, 2.75) is 31.6 Å². The number of Topliss-reactive ketones (excluding diaryl/α,β-unsaturated/α-hetero) is 1. The molecule has 2 aliphatic rings. The van der Waals surface area contributed by atoms with Crippen LogP contribution in [0.15, 0.2) is 47.0 Å². The molecule has 0 radical (unpaired) electrons. The SMILES string of the molecule is COc1ccc([C@H]2C3=C(C[C@H](c4cccs4)CC3=O)Nc3n[nH]c(C)c32)cc1O. The van der Waals surface area contributed by atoms with Crippen molar-refractivity contribution in [3.05, 3.63) is 68.7 Å². The van der Waals surface area contributed by atoms with E-state index in [2.05, 4.69) is 27.0 Å². The summed E-state index contributed by atoms with van der Waals surface area (Å²) in [7, 11) is 1.52. The van der Waals surface area contributed by atoms with E-state index >= 15 is 0 Å². The van der Waals surface area contributed by atoms with Crippen LogP contribution in [0.25, 0.3) is 0 Å². The van der Waals surface area contributed by atoms with Crippen molar-refractivity contribution in [3.8, 4) is 11.5 Å². The number of rotatable bonds is 3. The van der Waals surface area contributed by atoms with Gasteiger partial charge in [-0.15, -0.1) is 11.3 Å². The number of hydrogen-bond acceptors (Lipinski definition) is 6. The molecule has 2 aromatic heterocycles. The van der Waals surface area contributed by atoms with Gasteiger partial charge in [0.25, 0.3) is 0 Å². The van der Waals surface area contributed by atoms with Gasteiger partial charge in [-0.3, -0.25) is 9.89 Å². The molecule has 2 atom stereocenters. The molecule has 3 N–H and O–H groups in total. The second-order valence-corrected chi connectivity index (χ2v) is 8.52. The summed E-state index contributed by atoms with van der Waals surface area (Å²) in [5.74, 6) is 1.28. The molecule has 3 aromatic rings. The number of aromatic amines is 1. The average Bonchev–Trinajstić information content (AvgIpc) is 3.37. The highest BCUT2D eigenvalue weighted by molar-refractivity contribution is 7.10. The first-order valence-electron chi connectivity index (χ1n) is 9.55. The lowest BCUT2D eigenvalue weighted by atomic mass is 9.73. The van der Waals surface area contributed by atoms with Crippen LogP contribution in [-0.2, 0) is 4.79 Å². The Hall–Kier alpha value is -3.06. The fraction of sp³-hybridized carbons (Fsp3) is 0.273. The molecule has 1 aliphatic carbocycles. The number of thiophene rings is 1. The predicted molar refractivity (Wildman–Crippen MR) is 112 cm³/mol. The lowest BCUT2D eigenvalue weighted by Crippen LogP contribution is -2.29. The van der Waals surface area contributed by atoms with E-state index in [-0.39, 0.29) is 23.4 Å². The van der Waals surface area contributed by atoms with Crippen molar-refractivity contribution in [2.75, 3.05) is 12.4 Å². The Kier molecular flexibility index (Phi) is 4.20. The molecule has 1 aliphatic heterocycles. The quantitative estimate of drug-likeness (QED) is 0.597. The summed E-state index contributed by atoms with van der Waals surface area (Å²) < 4.78 is 5.19. The van der Waals surface area contributed by atoms with E-state index in [0.717, 1.165) is 40.3 Å². The van der Waals surface area contributed by atoms with Gasteiger partial charge in [-0.2, -0.15) is 5.10 Å². The number of ether oxygens (including phenoxy) is 1. The van der Waals surface area contributed by atoms with Crippen LogP contribution in [0.2, 0.25) is 0 Å². The molecule has 29 heavy (non-hydrogen) atoms. The molecule has 0 amide bonds. The van der Waals surface area contributed by atoms with Gasteiger partial charge >= 0.3 is 0 Å². The van der Waals surface area contributed by atoms with Crippen LogP contribution < -0.4 is 10.1 Å². The number of aromatic nitrogens is 2. The molecule has 6 nitrogen and oxygen atoms in total. The number of ketones is 1. The van der Waals surface area contributed by atoms with Gasteiger partial charge in [0.1, 0.15) is 0 Å². The number of fused-ring (bicyclic) bond motifs is 1. The molecular formula is C22H21N3O3S. The number of phenols is 1. The van der Waals surface area contributed by atoms with Gasteiger partial charge in [0.05, 0.1) is 7.11 Å². The molecule has 3 heterocycles. The standard InChI is InChI=1S/C22H21N3O3S/c1-11-19-20(12-5-6-17(28-2)15(26)9-12)21-14(23-22(19)25-24-11)8-13(10-16(21)27)18-4-3-7-29-18/h3-7,9,13,20,26H,8,10H2,1-2H3,(H2,23,24,25)/t13-,20+/m0/s1. The van der Waals surface area contributed by atoms with Crippen molar-refractivity contribution in [1.29, 1.82) is 0 Å². The lowest BCUT2D eigenvalue weighted by Gasteiger charge is -2.34. The van der Waals surface area contributed by atoms with Crippen molar-refractivity contribution in [1.82, 2.24) is 10.2 Å². The Balaban J connectivity index is 1.64. The number of aryl methyl sites for hydroxylation is 1. The number of hydrogen-bond donors (Lipinski definition) is 3. The number of anilines is 1. The molecule has 7 heteroatoms. The summed E-state index contributed by atoms with van der Waals surface area (Å²) in [6.45, 7) is 1.96. The molecule has 148 valence electrons. The van der Waals surface area contributed by atoms with Gasteiger partial charge in [-0.1, -0.05) is 12.1 Å². The zero-order valence-electron chi connectivity index (χ0n) is 16.2. The van der Waals surface area contributed by atoms with E-state index < -0.39 is 0 Å². The maximum absolute atomic E-state index is 13.4. The number of nitrogens with one attached hydrogen (secondary N) is 2. The number of nitrogens with zero attached hydrogens (tertiary/aromatic N) is 1. The van der Waals surface area contributed by atoms with E-state index in [1.807, 2.05) is 19.1 Å². The van der Waals surface area contributed by atoms with Crippen molar-refractivity contribution < 1.29 is 14.6 Å². The Morgan fingerprint density at radius 1 is 1.28 bits per heavy atom. The zero-order chi connectivity index (χ0) is 20.1. The van der Waals surface area contributed by atoms with Crippen LogP contribution in [0.4, 0.5) is 5.82 Å². The van der Waals surface area contributed by atoms with Crippen LogP contribution >= 0.6 is 11.3 Å². The fourth-order valence-electron chi connectivity index (χ4n) is 4.50. The number of aromatic hydroxyl groups is 1. The molecule has 0 saturated heterocycles. The summed E-state index contributed by atoms with van der Waals surface area (Å²) in [5.41, 5.74) is 4.42. The van der Waals surface area contributed by atoms with E-state index in [0.29, 0.717) is 12.2 Å². The minimum Gasteiger partial charge on any atom is -0.504 e. The molecular weight excluding hydrogens is 386 g/mol. The molecule has 0 saturated carbocycles. The highest BCUT2D eigenvalue weighted by atomic mass is 32.1. The first kappa shape index (κ1) is 18.0. The third-order valence-electron chi connectivity index (χ3n) is 5.83. The van der Waals surface area contributed by atoms with Crippen LogP contribution in [0.5, 0.6) is 11.5 Å². The Morgan fingerprint density at radius 3 is 2.86 bits per heavy atom. The first-order valence-corrected chi connectivity index (χ1v) is 10.4. The van der Waals surface area contributed by atoms with E-state index in [1.54, 1.807) is 23.5 Å². The second-order valence-electron chi connectivity index (χ2n) is 7.54. The average molecular weight is 407 g/mol. The molecule has 0 unspecified atom stereocenters. The number of phenolic OH excluding ortho intramolecular Hbond substituents is 1. The topological polar surface area (TPSA) is 87.2 Å². The lowest BCUT2D eigenvalue weighted by molar-refractivity contribution is -0.116. The van der Waals surface area contributed by atoms with Crippen LogP contribution in [0.3, 0.4) is 0 Å². The summed E-state index contributed by atoms with van der Waals surface area (Å²) >= 11 is 1.69. The normalized spacial score (nSPS) is 20.8. The van der Waals surface area contributed by atoms with Crippen LogP contribution in [0.1, 0.15) is 46.4 Å². The molecule has 0 bridgehead atoms. The molecule has 1 aromatic carbocycles. The monoisotopic (exact) mass is 407 g/mol. The maximum atomic E-state index is 13.4. The minimum atomic E-state index is -0.270. The number of methoxy groups -OCH3 is 1. The summed E-state index contributed by atoms with van der Waals surface area (Å²) in [6.07, 6.45) is 1.26. The van der Waals surface area contributed by atoms with Crippen molar-refractivity contribution in [2.24, 2.45) is 0 Å². The third kappa shape index (κ3) is 2.84. The predicted octanol–water partition coefficient (Wildman–Crippen LogP) is 4.45. The van der Waals surface area contributed by atoms with Crippen molar-refractivity contribution in [3.63, 3.8) is 0 Å². The van der Waals surface area contributed by atoms with Crippen molar-refractivity contribution >= 4 is 22.9 Å². The first-order chi connectivity index (χ1) is 14.1. The maximum Gasteiger partial charge on any atom is 0.162 e. The Bertz CT molecular complexity index is 1130. The molecule has 0 spiro atoms. The van der Waals surface area contributed by atoms with E-state index in [1.165, 1.54) is 12.0 Å². The zero-order valence-corrected chi connectivity index (χ0v) is 17.0. The summed E-state index contributed by atoms with van der Waals surface area (Å²) in [5, 5.41) is 23.3. The fourth-order valence-corrected chi connectivity index (χ4v) is 5.33. The molecule has 5 rings (SSSR count). The van der Waals surface area contributed by atoms with E-state index in [9.17, 15) is 9.90 Å².